The molecule has 1 aliphatic rings. The zero-order valence-electron chi connectivity index (χ0n) is 10.7. The highest BCUT2D eigenvalue weighted by molar-refractivity contribution is 5.94. The Morgan fingerprint density at radius 2 is 2.39 bits per heavy atom. The molecule has 1 fully saturated rings. The van der Waals surface area contributed by atoms with Gasteiger partial charge in [0.05, 0.1) is 13.2 Å². The van der Waals surface area contributed by atoms with E-state index in [0.717, 1.165) is 0 Å². The third kappa shape index (κ3) is 2.46. The van der Waals surface area contributed by atoms with Gasteiger partial charge in [-0.15, -0.1) is 0 Å². The Hall–Kier alpha value is -1.62. The molecule has 98 valence electrons. The predicted molar refractivity (Wildman–Crippen MR) is 67.6 cm³/mol. The van der Waals surface area contributed by atoms with Gasteiger partial charge in [-0.1, -0.05) is 6.92 Å². The first-order chi connectivity index (χ1) is 8.63. The number of nitrogens with zero attached hydrogens (tertiary/aromatic N) is 2. The highest BCUT2D eigenvalue weighted by Gasteiger charge is 2.27. The topological polar surface area (TPSA) is 62.7 Å². The molecule has 0 saturated carbocycles. The minimum atomic E-state index is -0.378. The normalized spacial score (nSPS) is 23.8. The molecule has 1 aromatic rings. The van der Waals surface area contributed by atoms with Crippen LogP contribution in [0.25, 0.3) is 0 Å². The Morgan fingerprint density at radius 3 is 3.06 bits per heavy atom. The summed E-state index contributed by atoms with van der Waals surface area (Å²) in [5, 5.41) is 9.73. The lowest BCUT2D eigenvalue weighted by Gasteiger charge is -2.35. The van der Waals surface area contributed by atoms with Crippen molar-refractivity contribution in [3.8, 4) is 0 Å². The number of aliphatic hydroxyl groups is 1. The van der Waals surface area contributed by atoms with E-state index in [1.165, 1.54) is 7.11 Å². The van der Waals surface area contributed by atoms with E-state index in [2.05, 4.69) is 4.98 Å². The second-order valence-corrected chi connectivity index (χ2v) is 4.65. The van der Waals surface area contributed by atoms with Crippen LogP contribution in [-0.2, 0) is 4.74 Å². The summed E-state index contributed by atoms with van der Waals surface area (Å²) in [7, 11) is 1.36. The van der Waals surface area contributed by atoms with E-state index >= 15 is 0 Å². The number of rotatable bonds is 2. The molecule has 5 nitrogen and oxygen atoms in total. The van der Waals surface area contributed by atoms with Gasteiger partial charge in [0.25, 0.3) is 0 Å². The maximum Gasteiger partial charge on any atom is 0.341 e. The van der Waals surface area contributed by atoms with Gasteiger partial charge < -0.3 is 14.7 Å². The molecule has 2 rings (SSSR count). The maximum atomic E-state index is 11.7. The van der Waals surface area contributed by atoms with E-state index in [-0.39, 0.29) is 18.0 Å². The molecule has 0 bridgehead atoms. The summed E-state index contributed by atoms with van der Waals surface area (Å²) in [5.74, 6) is 0.436. The second-order valence-electron chi connectivity index (χ2n) is 4.65. The van der Waals surface area contributed by atoms with Crippen molar-refractivity contribution in [3.63, 3.8) is 0 Å². The summed E-state index contributed by atoms with van der Waals surface area (Å²) in [6.45, 7) is 3.40. The Balaban J connectivity index is 2.25. The van der Waals surface area contributed by atoms with Crippen molar-refractivity contribution in [2.24, 2.45) is 5.92 Å². The van der Waals surface area contributed by atoms with Crippen molar-refractivity contribution in [3.05, 3.63) is 23.9 Å². The lowest BCUT2D eigenvalue weighted by atomic mass is 9.96. The molecule has 2 unspecified atom stereocenters. The molecule has 1 saturated heterocycles. The van der Waals surface area contributed by atoms with Crippen LogP contribution in [0.5, 0.6) is 0 Å². The molecular weight excluding hydrogens is 232 g/mol. The van der Waals surface area contributed by atoms with E-state index in [0.29, 0.717) is 30.9 Å². The molecule has 0 radical (unpaired) electrons. The zero-order valence-corrected chi connectivity index (χ0v) is 10.7. The van der Waals surface area contributed by atoms with Gasteiger partial charge in [0.2, 0.25) is 0 Å². The van der Waals surface area contributed by atoms with Crippen LogP contribution in [0, 0.1) is 5.92 Å². The molecular formula is C13H18N2O3. The number of pyridine rings is 1. The Morgan fingerprint density at radius 1 is 1.61 bits per heavy atom. The fraction of sp³-hybridized carbons (Fsp3) is 0.538. The third-order valence-corrected chi connectivity index (χ3v) is 3.35. The average Bonchev–Trinajstić information content (AvgIpc) is 2.41. The fourth-order valence-corrected chi connectivity index (χ4v) is 2.24. The van der Waals surface area contributed by atoms with Crippen LogP contribution in [0.1, 0.15) is 23.7 Å². The first kappa shape index (κ1) is 12.8. The largest absolute Gasteiger partial charge is 0.465 e. The van der Waals surface area contributed by atoms with E-state index in [1.54, 1.807) is 18.3 Å². The monoisotopic (exact) mass is 250 g/mol. The minimum Gasteiger partial charge on any atom is -0.465 e. The van der Waals surface area contributed by atoms with E-state index in [1.807, 2.05) is 11.8 Å². The number of methoxy groups -OCH3 is 1. The number of ether oxygens (including phenoxy) is 1. The SMILES string of the molecule is COC(=O)c1cccnc1N1CCC(O)C(C)C1. The van der Waals surface area contributed by atoms with Crippen LogP contribution in [0.15, 0.2) is 18.3 Å². The van der Waals surface area contributed by atoms with Gasteiger partial charge in [-0.25, -0.2) is 9.78 Å². The van der Waals surface area contributed by atoms with Crippen LogP contribution in [0.2, 0.25) is 0 Å². The summed E-state index contributed by atoms with van der Waals surface area (Å²) in [4.78, 5) is 18.0. The number of aliphatic hydroxyl groups excluding tert-OH is 1. The molecule has 1 aliphatic heterocycles. The molecule has 1 aromatic heterocycles. The molecule has 18 heavy (non-hydrogen) atoms. The van der Waals surface area contributed by atoms with Crippen LogP contribution in [0.4, 0.5) is 5.82 Å². The number of hydrogen-bond donors (Lipinski definition) is 1. The van der Waals surface area contributed by atoms with Crippen LogP contribution in [-0.4, -0.2) is 42.4 Å². The molecule has 1 N–H and O–H groups in total. The first-order valence-electron chi connectivity index (χ1n) is 6.10. The summed E-state index contributed by atoms with van der Waals surface area (Å²) in [6, 6.07) is 3.43. The van der Waals surface area contributed by atoms with Gasteiger partial charge in [0.1, 0.15) is 11.4 Å². The minimum absolute atomic E-state index is 0.172. The molecule has 0 amide bonds. The molecule has 0 aliphatic carbocycles. The number of carbonyl (C=O) groups excluding carboxylic acids is 1. The van der Waals surface area contributed by atoms with E-state index < -0.39 is 0 Å². The summed E-state index contributed by atoms with van der Waals surface area (Å²) >= 11 is 0. The number of aromatic nitrogens is 1. The van der Waals surface area contributed by atoms with Gasteiger partial charge in [0.15, 0.2) is 0 Å². The lowest BCUT2D eigenvalue weighted by molar-refractivity contribution is 0.0600. The van der Waals surface area contributed by atoms with Crippen LogP contribution >= 0.6 is 0 Å². The molecule has 5 heteroatoms. The highest BCUT2D eigenvalue weighted by Crippen LogP contribution is 2.24. The summed E-state index contributed by atoms with van der Waals surface area (Å²) < 4.78 is 4.76. The van der Waals surface area contributed by atoms with Gasteiger partial charge in [-0.3, -0.25) is 0 Å². The highest BCUT2D eigenvalue weighted by atomic mass is 16.5. The summed E-state index contributed by atoms with van der Waals surface area (Å²) in [6.07, 6.45) is 2.09. The van der Waals surface area contributed by atoms with Crippen LogP contribution in [0.3, 0.4) is 0 Å². The summed E-state index contributed by atoms with van der Waals surface area (Å²) in [5.41, 5.74) is 0.476. The molecule has 0 aromatic carbocycles. The van der Waals surface area contributed by atoms with Crippen molar-refractivity contribution in [1.29, 1.82) is 0 Å². The Labute approximate surface area is 106 Å². The van der Waals surface area contributed by atoms with Crippen molar-refractivity contribution in [2.45, 2.75) is 19.4 Å². The smallest absolute Gasteiger partial charge is 0.341 e. The van der Waals surface area contributed by atoms with Gasteiger partial charge in [-0.2, -0.15) is 0 Å². The number of anilines is 1. The lowest BCUT2D eigenvalue weighted by Crippen LogP contribution is -2.42. The van der Waals surface area contributed by atoms with Gasteiger partial charge in [-0.05, 0) is 24.5 Å². The second kappa shape index (κ2) is 5.35. The predicted octanol–water partition coefficient (Wildman–Crippen LogP) is 1.08. The molecule has 2 atom stereocenters. The first-order valence-corrected chi connectivity index (χ1v) is 6.10. The van der Waals surface area contributed by atoms with Gasteiger partial charge in [0, 0.05) is 19.3 Å². The fourth-order valence-electron chi connectivity index (χ4n) is 2.24. The number of esters is 1. The van der Waals surface area contributed by atoms with E-state index in [9.17, 15) is 9.90 Å². The number of piperidine rings is 1. The zero-order chi connectivity index (χ0) is 13.1. The average molecular weight is 250 g/mol. The number of hydrogen-bond acceptors (Lipinski definition) is 5. The standard InChI is InChI=1S/C13H18N2O3/c1-9-8-15(7-5-11(9)16)12-10(13(17)18-2)4-3-6-14-12/h3-4,6,9,11,16H,5,7-8H2,1-2H3. The maximum absolute atomic E-state index is 11.7. The Kier molecular flexibility index (Phi) is 3.81. The van der Waals surface area contributed by atoms with Crippen molar-refractivity contribution in [2.75, 3.05) is 25.1 Å². The van der Waals surface area contributed by atoms with Crippen LogP contribution < -0.4 is 4.90 Å². The quantitative estimate of drug-likeness (QED) is 0.796. The number of carbonyl (C=O) groups is 1. The van der Waals surface area contributed by atoms with Crippen molar-refractivity contribution in [1.82, 2.24) is 4.98 Å². The Bertz CT molecular complexity index is 436. The molecule has 0 spiro atoms. The van der Waals surface area contributed by atoms with Gasteiger partial charge >= 0.3 is 5.97 Å². The van der Waals surface area contributed by atoms with E-state index in [4.69, 9.17) is 4.74 Å². The van der Waals surface area contributed by atoms with Crippen molar-refractivity contribution < 1.29 is 14.6 Å². The van der Waals surface area contributed by atoms with Crippen molar-refractivity contribution >= 4 is 11.8 Å². The third-order valence-electron chi connectivity index (χ3n) is 3.35. The molecule has 2 heterocycles.